The average Bonchev–Trinajstić information content (AvgIpc) is 3.46. The van der Waals surface area contributed by atoms with Crippen LogP contribution in [0.25, 0.3) is 22.6 Å². The third-order valence-electron chi connectivity index (χ3n) is 5.79. The third-order valence-corrected chi connectivity index (χ3v) is 5.79. The van der Waals surface area contributed by atoms with Crippen molar-refractivity contribution in [3.63, 3.8) is 0 Å². The molecule has 2 aromatic heterocycles. The van der Waals surface area contributed by atoms with Crippen molar-refractivity contribution in [3.8, 4) is 11.5 Å². The summed E-state index contributed by atoms with van der Waals surface area (Å²) in [7, 11) is 3.22. The lowest BCUT2D eigenvalue weighted by molar-refractivity contribution is 0.0438. The molecular weight excluding hydrogens is 434 g/mol. The number of hydrogen-bond acceptors (Lipinski definition) is 8. The fraction of sp³-hybridized carbons (Fsp3) is 0.231. The van der Waals surface area contributed by atoms with E-state index in [0.717, 1.165) is 39.7 Å². The third kappa shape index (κ3) is 3.98. The summed E-state index contributed by atoms with van der Waals surface area (Å²) in [6.07, 6.45) is 3.53. The van der Waals surface area contributed by atoms with E-state index in [1.54, 1.807) is 21.1 Å². The van der Waals surface area contributed by atoms with Crippen LogP contribution in [0, 0.1) is 6.92 Å². The van der Waals surface area contributed by atoms with Gasteiger partial charge in [-0.2, -0.15) is 0 Å². The van der Waals surface area contributed by atoms with E-state index in [4.69, 9.17) is 23.6 Å². The predicted octanol–water partition coefficient (Wildman–Crippen LogP) is 4.79. The number of fused-ring (bicyclic) bond motifs is 2. The normalized spacial score (nSPS) is 13.8. The molecule has 172 valence electrons. The van der Waals surface area contributed by atoms with Gasteiger partial charge in [0.15, 0.2) is 18.1 Å². The molecule has 0 N–H and O–H groups in total. The number of para-hydroxylation sites is 1. The summed E-state index contributed by atoms with van der Waals surface area (Å²) in [6, 6.07) is 13.4. The Labute approximate surface area is 196 Å². The van der Waals surface area contributed by atoms with Gasteiger partial charge in [-0.25, -0.2) is 9.78 Å². The Bertz CT molecular complexity index is 1420. The Morgan fingerprint density at radius 3 is 2.65 bits per heavy atom. The number of aryl methyl sites for hydroxylation is 1. The molecule has 0 saturated carbocycles. The van der Waals surface area contributed by atoms with Crippen molar-refractivity contribution in [2.24, 2.45) is 0 Å². The van der Waals surface area contributed by atoms with Crippen LogP contribution >= 0.6 is 0 Å². The van der Waals surface area contributed by atoms with Crippen LogP contribution in [0.15, 0.2) is 46.9 Å². The Hall–Kier alpha value is -4.20. The highest BCUT2D eigenvalue weighted by molar-refractivity contribution is 6.07. The molecule has 2 aromatic carbocycles. The van der Waals surface area contributed by atoms with Crippen molar-refractivity contribution in [2.45, 2.75) is 26.4 Å². The lowest BCUT2D eigenvalue weighted by Gasteiger charge is -2.12. The zero-order chi connectivity index (χ0) is 23.7. The van der Waals surface area contributed by atoms with Gasteiger partial charge < -0.3 is 18.6 Å². The molecule has 1 aliphatic rings. The summed E-state index contributed by atoms with van der Waals surface area (Å²) in [6.45, 7) is 1.60. The van der Waals surface area contributed by atoms with Gasteiger partial charge in [0.25, 0.3) is 5.89 Å². The van der Waals surface area contributed by atoms with Crippen LogP contribution in [0.4, 0.5) is 0 Å². The summed E-state index contributed by atoms with van der Waals surface area (Å²) < 4.78 is 21.7. The zero-order valence-electron chi connectivity index (χ0n) is 19.1. The lowest BCUT2D eigenvalue weighted by Crippen LogP contribution is -2.10. The number of carbonyl (C=O) groups excluding carboxylic acids is 1. The highest BCUT2D eigenvalue weighted by atomic mass is 16.5. The van der Waals surface area contributed by atoms with Crippen LogP contribution in [-0.2, 0) is 17.8 Å². The molecule has 0 saturated heterocycles. The molecule has 0 amide bonds. The minimum Gasteiger partial charge on any atom is -0.493 e. The van der Waals surface area contributed by atoms with Crippen molar-refractivity contribution in [1.82, 2.24) is 15.2 Å². The van der Waals surface area contributed by atoms with Gasteiger partial charge in [0.1, 0.15) is 0 Å². The van der Waals surface area contributed by atoms with E-state index >= 15 is 0 Å². The lowest BCUT2D eigenvalue weighted by atomic mass is 10.0. The number of benzene rings is 2. The van der Waals surface area contributed by atoms with Gasteiger partial charge in [0, 0.05) is 12.3 Å². The molecule has 0 bridgehead atoms. The minimum atomic E-state index is -0.432. The molecular formula is C26H23N3O5. The number of allylic oxidation sites excluding steroid dienone is 1. The Morgan fingerprint density at radius 2 is 1.88 bits per heavy atom. The number of esters is 1. The van der Waals surface area contributed by atoms with Gasteiger partial charge in [-0.05, 0) is 53.8 Å². The number of ether oxygens (including phenoxy) is 3. The highest BCUT2D eigenvalue weighted by Crippen LogP contribution is 2.38. The molecule has 8 heteroatoms. The van der Waals surface area contributed by atoms with E-state index in [2.05, 4.69) is 16.3 Å². The number of rotatable bonds is 6. The molecule has 0 fully saturated rings. The van der Waals surface area contributed by atoms with Crippen molar-refractivity contribution in [3.05, 3.63) is 76.6 Å². The number of methoxy groups -OCH3 is 2. The first-order valence-corrected chi connectivity index (χ1v) is 10.9. The van der Waals surface area contributed by atoms with E-state index in [0.29, 0.717) is 29.4 Å². The standard InChI is InChI=1S/C26H23N3O5/c1-15-28-29-23(34-15)14-33-26(30)24-18-6-4-5-7-20(18)27-25-17(9-10-19(24)25)12-16-8-11-21(31-2)22(13-16)32-3/h4-8,11-13H,9-10,14H2,1-3H3. The summed E-state index contributed by atoms with van der Waals surface area (Å²) in [4.78, 5) is 18.1. The largest absolute Gasteiger partial charge is 0.493 e. The molecule has 8 nitrogen and oxygen atoms in total. The summed E-state index contributed by atoms with van der Waals surface area (Å²) >= 11 is 0. The molecule has 0 atom stereocenters. The van der Waals surface area contributed by atoms with Gasteiger partial charge >= 0.3 is 5.97 Å². The fourth-order valence-electron chi connectivity index (χ4n) is 4.25. The molecule has 0 radical (unpaired) electrons. The first-order chi connectivity index (χ1) is 16.6. The fourth-order valence-corrected chi connectivity index (χ4v) is 4.25. The second-order valence-corrected chi connectivity index (χ2v) is 7.91. The van der Waals surface area contributed by atoms with Crippen molar-refractivity contribution in [2.75, 3.05) is 14.2 Å². The first-order valence-electron chi connectivity index (χ1n) is 10.9. The molecule has 2 heterocycles. The Morgan fingerprint density at radius 1 is 1.06 bits per heavy atom. The second-order valence-electron chi connectivity index (χ2n) is 7.91. The van der Waals surface area contributed by atoms with Crippen LogP contribution in [0.3, 0.4) is 0 Å². The molecule has 4 aromatic rings. The maximum absolute atomic E-state index is 13.2. The average molecular weight is 457 g/mol. The second kappa shape index (κ2) is 8.97. The molecule has 1 aliphatic carbocycles. The number of hydrogen-bond donors (Lipinski definition) is 0. The van der Waals surface area contributed by atoms with Crippen LogP contribution in [0.1, 0.15) is 45.4 Å². The Kier molecular flexibility index (Phi) is 5.71. The number of aromatic nitrogens is 3. The van der Waals surface area contributed by atoms with E-state index in [-0.39, 0.29) is 12.5 Å². The Balaban J connectivity index is 1.54. The summed E-state index contributed by atoms with van der Waals surface area (Å²) in [5, 5.41) is 8.44. The van der Waals surface area contributed by atoms with E-state index in [9.17, 15) is 4.79 Å². The molecule has 0 spiro atoms. The zero-order valence-corrected chi connectivity index (χ0v) is 19.1. The number of nitrogens with zero attached hydrogens (tertiary/aromatic N) is 3. The van der Waals surface area contributed by atoms with Gasteiger partial charge in [0.05, 0.1) is 31.0 Å². The molecule has 5 rings (SSSR count). The van der Waals surface area contributed by atoms with Crippen LogP contribution in [0.5, 0.6) is 11.5 Å². The van der Waals surface area contributed by atoms with Crippen molar-refractivity contribution >= 4 is 28.5 Å². The van der Waals surface area contributed by atoms with Gasteiger partial charge in [-0.1, -0.05) is 24.3 Å². The molecule has 0 aliphatic heterocycles. The van der Waals surface area contributed by atoms with Gasteiger partial charge in [-0.3, -0.25) is 0 Å². The monoisotopic (exact) mass is 457 g/mol. The van der Waals surface area contributed by atoms with Crippen LogP contribution < -0.4 is 9.47 Å². The van der Waals surface area contributed by atoms with Gasteiger partial charge in [-0.15, -0.1) is 10.2 Å². The number of pyridine rings is 1. The van der Waals surface area contributed by atoms with E-state index < -0.39 is 5.97 Å². The van der Waals surface area contributed by atoms with Crippen LogP contribution in [-0.4, -0.2) is 35.4 Å². The quantitative estimate of drug-likeness (QED) is 0.382. The maximum Gasteiger partial charge on any atom is 0.339 e. The predicted molar refractivity (Wildman–Crippen MR) is 126 cm³/mol. The first kappa shape index (κ1) is 21.6. The maximum atomic E-state index is 13.2. The molecule has 0 unspecified atom stereocenters. The van der Waals surface area contributed by atoms with Gasteiger partial charge in [0.2, 0.25) is 5.89 Å². The van der Waals surface area contributed by atoms with E-state index in [1.165, 1.54) is 0 Å². The summed E-state index contributed by atoms with van der Waals surface area (Å²) in [5.74, 6) is 1.57. The van der Waals surface area contributed by atoms with Crippen LogP contribution in [0.2, 0.25) is 0 Å². The SMILES string of the molecule is COc1ccc(C=C2CCc3c2nc2ccccc2c3C(=O)OCc2nnc(C)o2)cc1OC. The molecule has 34 heavy (non-hydrogen) atoms. The smallest absolute Gasteiger partial charge is 0.339 e. The minimum absolute atomic E-state index is 0.0839. The highest BCUT2D eigenvalue weighted by Gasteiger charge is 2.28. The van der Waals surface area contributed by atoms with E-state index in [1.807, 2.05) is 42.5 Å². The van der Waals surface area contributed by atoms with Crippen molar-refractivity contribution in [1.29, 1.82) is 0 Å². The number of carbonyl (C=O) groups is 1. The topological polar surface area (TPSA) is 96.6 Å². The van der Waals surface area contributed by atoms with Crippen molar-refractivity contribution < 1.29 is 23.4 Å². The summed E-state index contributed by atoms with van der Waals surface area (Å²) in [5.41, 5.74) is 4.99.